The predicted octanol–water partition coefficient (Wildman–Crippen LogP) is 3.61. The van der Waals surface area contributed by atoms with Crippen molar-refractivity contribution in [3.63, 3.8) is 0 Å². The van der Waals surface area contributed by atoms with E-state index in [9.17, 15) is 14.7 Å². The summed E-state index contributed by atoms with van der Waals surface area (Å²) in [4.78, 5) is 23.5. The molecular weight excluding hydrogens is 301 g/mol. The van der Waals surface area contributed by atoms with Gasteiger partial charge in [-0.3, -0.25) is 9.59 Å². The van der Waals surface area contributed by atoms with Crippen LogP contribution in [0, 0.1) is 5.41 Å². The van der Waals surface area contributed by atoms with E-state index in [1.807, 2.05) is 0 Å². The van der Waals surface area contributed by atoms with Gasteiger partial charge >= 0.3 is 5.97 Å². The predicted molar refractivity (Wildman–Crippen MR) is 79.4 cm³/mol. The molecule has 0 saturated carbocycles. The number of carbonyl (C=O) groups excluding carboxylic acids is 1. The van der Waals surface area contributed by atoms with Gasteiger partial charge in [0.15, 0.2) is 0 Å². The lowest BCUT2D eigenvalue weighted by molar-refractivity contribution is -0.149. The molecule has 0 aliphatic heterocycles. The summed E-state index contributed by atoms with van der Waals surface area (Å²) in [6.07, 6.45) is 0.852. The van der Waals surface area contributed by atoms with Crippen molar-refractivity contribution in [1.29, 1.82) is 0 Å². The zero-order valence-corrected chi connectivity index (χ0v) is 12.9. The second-order valence-corrected chi connectivity index (χ2v) is 5.39. The molecule has 0 spiro atoms. The molecule has 1 aromatic rings. The fourth-order valence-electron chi connectivity index (χ4n) is 1.93. The molecule has 0 bridgehead atoms. The largest absolute Gasteiger partial charge is 0.481 e. The number of carbonyl (C=O) groups is 2. The fraction of sp³-hybridized carbons (Fsp3) is 0.429. The van der Waals surface area contributed by atoms with E-state index in [2.05, 4.69) is 5.32 Å². The average Bonchev–Trinajstić information content (AvgIpc) is 2.40. The molecule has 0 fully saturated rings. The van der Waals surface area contributed by atoms with E-state index < -0.39 is 17.3 Å². The molecule has 0 saturated heterocycles. The molecule has 1 amide bonds. The number of nitrogens with one attached hydrogen (secondary N) is 1. The lowest BCUT2D eigenvalue weighted by Crippen LogP contribution is -2.42. The van der Waals surface area contributed by atoms with E-state index in [1.165, 1.54) is 0 Å². The van der Waals surface area contributed by atoms with E-state index in [0.717, 1.165) is 0 Å². The van der Waals surface area contributed by atoms with Crippen molar-refractivity contribution >= 4 is 35.1 Å². The Kier molecular flexibility index (Phi) is 5.84. The van der Waals surface area contributed by atoms with Crippen LogP contribution in [0.1, 0.15) is 37.0 Å². The van der Waals surface area contributed by atoms with Crippen LogP contribution in [0.3, 0.4) is 0 Å². The number of carboxylic acid groups (broad SMARTS) is 1. The first-order chi connectivity index (χ1) is 9.38. The van der Waals surface area contributed by atoms with Gasteiger partial charge in [0, 0.05) is 6.54 Å². The first-order valence-corrected chi connectivity index (χ1v) is 7.09. The van der Waals surface area contributed by atoms with Gasteiger partial charge in [0.1, 0.15) is 0 Å². The summed E-state index contributed by atoms with van der Waals surface area (Å²) in [6, 6.07) is 4.76. The molecule has 0 heterocycles. The number of halogens is 2. The summed E-state index contributed by atoms with van der Waals surface area (Å²) in [6.45, 7) is 3.61. The number of rotatable bonds is 6. The molecule has 0 radical (unpaired) electrons. The minimum Gasteiger partial charge on any atom is -0.481 e. The van der Waals surface area contributed by atoms with Gasteiger partial charge < -0.3 is 10.4 Å². The Balaban J connectivity index is 2.89. The number of aliphatic carboxylic acids is 1. The Hall–Kier alpha value is -1.26. The quantitative estimate of drug-likeness (QED) is 0.842. The van der Waals surface area contributed by atoms with Crippen molar-refractivity contribution in [3.05, 3.63) is 33.8 Å². The highest BCUT2D eigenvalue weighted by molar-refractivity contribution is 6.39. The van der Waals surface area contributed by atoms with Gasteiger partial charge in [0.25, 0.3) is 5.91 Å². The Morgan fingerprint density at radius 3 is 2.10 bits per heavy atom. The molecule has 1 aromatic carbocycles. The number of hydrogen-bond donors (Lipinski definition) is 2. The van der Waals surface area contributed by atoms with E-state index in [0.29, 0.717) is 12.8 Å². The van der Waals surface area contributed by atoms with Crippen molar-refractivity contribution in [2.75, 3.05) is 6.54 Å². The van der Waals surface area contributed by atoms with Crippen LogP contribution in [0.2, 0.25) is 10.0 Å². The summed E-state index contributed by atoms with van der Waals surface area (Å²) >= 11 is 11.9. The van der Waals surface area contributed by atoms with Crippen LogP contribution in [0.4, 0.5) is 0 Å². The molecule has 0 aliphatic rings. The van der Waals surface area contributed by atoms with Gasteiger partial charge in [-0.1, -0.05) is 43.1 Å². The lowest BCUT2D eigenvalue weighted by Gasteiger charge is -2.27. The van der Waals surface area contributed by atoms with E-state index in [-0.39, 0.29) is 22.2 Å². The maximum absolute atomic E-state index is 12.1. The summed E-state index contributed by atoms with van der Waals surface area (Å²) in [5, 5.41) is 12.4. The Labute approximate surface area is 128 Å². The van der Waals surface area contributed by atoms with E-state index >= 15 is 0 Å². The third kappa shape index (κ3) is 3.44. The van der Waals surface area contributed by atoms with Crippen LogP contribution in [0.15, 0.2) is 18.2 Å². The summed E-state index contributed by atoms with van der Waals surface area (Å²) in [5.74, 6) is -1.39. The molecule has 2 N–H and O–H groups in total. The van der Waals surface area contributed by atoms with Gasteiger partial charge in [-0.2, -0.15) is 0 Å². The van der Waals surface area contributed by atoms with Gasteiger partial charge in [-0.05, 0) is 25.0 Å². The van der Waals surface area contributed by atoms with Gasteiger partial charge in [-0.15, -0.1) is 0 Å². The van der Waals surface area contributed by atoms with Crippen molar-refractivity contribution in [2.45, 2.75) is 26.7 Å². The van der Waals surface area contributed by atoms with E-state index in [4.69, 9.17) is 23.2 Å². The van der Waals surface area contributed by atoms with Crippen molar-refractivity contribution in [1.82, 2.24) is 5.32 Å². The highest BCUT2D eigenvalue weighted by atomic mass is 35.5. The molecule has 0 aliphatic carbocycles. The summed E-state index contributed by atoms with van der Waals surface area (Å²) < 4.78 is 0. The second kappa shape index (κ2) is 6.95. The number of amides is 1. The zero-order chi connectivity index (χ0) is 15.3. The number of benzene rings is 1. The summed E-state index contributed by atoms with van der Waals surface area (Å²) in [7, 11) is 0. The Bertz CT molecular complexity index is 493. The van der Waals surface area contributed by atoms with Crippen LogP contribution in [0.25, 0.3) is 0 Å². The van der Waals surface area contributed by atoms with E-state index in [1.54, 1.807) is 32.0 Å². The van der Waals surface area contributed by atoms with Crippen LogP contribution < -0.4 is 5.32 Å². The topological polar surface area (TPSA) is 66.4 Å². The molecule has 0 unspecified atom stereocenters. The monoisotopic (exact) mass is 317 g/mol. The van der Waals surface area contributed by atoms with Gasteiger partial charge in [0.2, 0.25) is 0 Å². The third-order valence-corrected chi connectivity index (χ3v) is 4.21. The minimum absolute atomic E-state index is 0.0374. The SMILES string of the molecule is CCC(CC)(CNC(=O)c1c(Cl)cccc1Cl)C(=O)O. The first kappa shape index (κ1) is 16.8. The highest BCUT2D eigenvalue weighted by Crippen LogP contribution is 2.27. The number of hydrogen-bond acceptors (Lipinski definition) is 2. The summed E-state index contributed by atoms with van der Waals surface area (Å²) in [5.41, 5.74) is -0.800. The molecular formula is C14H17Cl2NO3. The molecule has 0 aromatic heterocycles. The lowest BCUT2D eigenvalue weighted by atomic mass is 9.82. The second-order valence-electron chi connectivity index (χ2n) is 4.57. The fourth-order valence-corrected chi connectivity index (χ4v) is 2.50. The molecule has 4 nitrogen and oxygen atoms in total. The standard InChI is InChI=1S/C14H17Cl2NO3/c1-3-14(4-2,13(19)20)8-17-12(18)11-9(15)6-5-7-10(11)16/h5-7H,3-4,8H2,1-2H3,(H,17,18)(H,19,20). The van der Waals surface area contributed by atoms with Gasteiger partial charge in [0.05, 0.1) is 21.0 Å². The minimum atomic E-state index is -0.969. The Morgan fingerprint density at radius 1 is 1.20 bits per heavy atom. The third-order valence-electron chi connectivity index (χ3n) is 3.58. The van der Waals surface area contributed by atoms with Crippen molar-refractivity contribution in [2.24, 2.45) is 5.41 Å². The normalized spacial score (nSPS) is 11.2. The molecule has 0 atom stereocenters. The van der Waals surface area contributed by atoms with Crippen LogP contribution in [0.5, 0.6) is 0 Å². The molecule has 20 heavy (non-hydrogen) atoms. The highest BCUT2D eigenvalue weighted by Gasteiger charge is 2.35. The average molecular weight is 318 g/mol. The molecule has 110 valence electrons. The maximum Gasteiger partial charge on any atom is 0.311 e. The van der Waals surface area contributed by atoms with Crippen LogP contribution in [-0.4, -0.2) is 23.5 Å². The van der Waals surface area contributed by atoms with Gasteiger partial charge in [-0.25, -0.2) is 0 Å². The smallest absolute Gasteiger partial charge is 0.311 e. The van der Waals surface area contributed by atoms with Crippen LogP contribution in [-0.2, 0) is 4.79 Å². The number of carboxylic acids is 1. The molecule has 1 rings (SSSR count). The first-order valence-electron chi connectivity index (χ1n) is 6.33. The Morgan fingerprint density at radius 2 is 1.70 bits per heavy atom. The zero-order valence-electron chi connectivity index (χ0n) is 11.4. The van der Waals surface area contributed by atoms with Crippen LogP contribution >= 0.6 is 23.2 Å². The van der Waals surface area contributed by atoms with Crippen molar-refractivity contribution < 1.29 is 14.7 Å². The van der Waals surface area contributed by atoms with Crippen molar-refractivity contribution in [3.8, 4) is 0 Å². The molecule has 6 heteroatoms. The maximum atomic E-state index is 12.1.